The number of thiophene rings is 1. The lowest BCUT2D eigenvalue weighted by Crippen LogP contribution is -2.17. The van der Waals surface area contributed by atoms with Gasteiger partial charge in [-0.05, 0) is 49.1 Å². The molecule has 2 aromatic heterocycles. The Labute approximate surface area is 138 Å². The summed E-state index contributed by atoms with van der Waals surface area (Å²) in [5.41, 5.74) is 0. The Balaban J connectivity index is 1.81. The SMILES string of the molecule is CCSC1CCC(Nc2nc(Cl)nc3sc(CC)cc23)C1. The largest absolute Gasteiger partial charge is 0.367 e. The lowest BCUT2D eigenvalue weighted by Gasteiger charge is -2.14. The number of nitrogens with zero attached hydrogens (tertiary/aromatic N) is 2. The Hall–Kier alpha value is -0.520. The number of aryl methyl sites for hydroxylation is 1. The average Bonchev–Trinajstić information content (AvgIpc) is 3.05. The molecule has 3 nitrogen and oxygen atoms in total. The highest BCUT2D eigenvalue weighted by Gasteiger charge is 2.25. The summed E-state index contributed by atoms with van der Waals surface area (Å²) < 4.78 is 0. The van der Waals surface area contributed by atoms with Crippen LogP contribution in [0.5, 0.6) is 0 Å². The van der Waals surface area contributed by atoms with E-state index in [-0.39, 0.29) is 0 Å². The maximum Gasteiger partial charge on any atom is 0.225 e. The van der Waals surface area contributed by atoms with E-state index < -0.39 is 0 Å². The number of halogens is 1. The van der Waals surface area contributed by atoms with Crippen molar-refractivity contribution in [1.29, 1.82) is 0 Å². The predicted octanol–water partition coefficient (Wildman–Crippen LogP) is 4.99. The molecule has 0 bridgehead atoms. The molecule has 1 fully saturated rings. The minimum absolute atomic E-state index is 0.340. The summed E-state index contributed by atoms with van der Waals surface area (Å²) in [7, 11) is 0. The Kier molecular flexibility index (Phi) is 4.92. The van der Waals surface area contributed by atoms with Crippen molar-refractivity contribution >= 4 is 50.7 Å². The van der Waals surface area contributed by atoms with Crippen molar-refractivity contribution in [1.82, 2.24) is 9.97 Å². The molecule has 0 radical (unpaired) electrons. The van der Waals surface area contributed by atoms with Gasteiger partial charge in [0.1, 0.15) is 10.6 Å². The molecule has 3 rings (SSSR count). The van der Waals surface area contributed by atoms with Crippen LogP contribution < -0.4 is 5.32 Å². The number of rotatable bonds is 5. The van der Waals surface area contributed by atoms with Crippen molar-refractivity contribution in [2.45, 2.75) is 50.8 Å². The summed E-state index contributed by atoms with van der Waals surface area (Å²) in [6.07, 6.45) is 4.75. The third kappa shape index (κ3) is 3.46. The quantitative estimate of drug-likeness (QED) is 0.777. The minimum Gasteiger partial charge on any atom is -0.367 e. The molecule has 2 unspecified atom stereocenters. The van der Waals surface area contributed by atoms with E-state index >= 15 is 0 Å². The number of aromatic nitrogens is 2. The average molecular weight is 342 g/mol. The zero-order valence-corrected chi connectivity index (χ0v) is 14.7. The van der Waals surface area contributed by atoms with Crippen molar-refractivity contribution in [3.63, 3.8) is 0 Å². The fourth-order valence-electron chi connectivity index (χ4n) is 2.88. The molecule has 0 spiro atoms. The molecule has 6 heteroatoms. The van der Waals surface area contributed by atoms with Gasteiger partial charge in [-0.3, -0.25) is 0 Å². The first-order valence-corrected chi connectivity index (χ1v) is 9.78. The summed E-state index contributed by atoms with van der Waals surface area (Å²) in [5.74, 6) is 2.11. The van der Waals surface area contributed by atoms with Crippen LogP contribution in [0, 0.1) is 0 Å². The van der Waals surface area contributed by atoms with Crippen LogP contribution in [0.2, 0.25) is 5.28 Å². The van der Waals surface area contributed by atoms with E-state index in [1.165, 1.54) is 29.9 Å². The molecule has 1 saturated carbocycles. The molecule has 2 atom stereocenters. The molecule has 0 aromatic carbocycles. The molecular formula is C15H20ClN3S2. The van der Waals surface area contributed by atoms with E-state index in [0.717, 1.165) is 27.7 Å². The maximum absolute atomic E-state index is 6.08. The van der Waals surface area contributed by atoms with Gasteiger partial charge in [0.25, 0.3) is 0 Å². The zero-order valence-electron chi connectivity index (χ0n) is 12.4. The van der Waals surface area contributed by atoms with Crippen molar-refractivity contribution in [3.05, 3.63) is 16.2 Å². The monoisotopic (exact) mass is 341 g/mol. The number of nitrogens with one attached hydrogen (secondary N) is 1. The second kappa shape index (κ2) is 6.71. The first kappa shape index (κ1) is 15.4. The molecule has 1 aliphatic rings. The van der Waals surface area contributed by atoms with Gasteiger partial charge in [0, 0.05) is 16.2 Å². The summed E-state index contributed by atoms with van der Waals surface area (Å²) in [4.78, 5) is 11.1. The molecule has 0 aliphatic heterocycles. The van der Waals surface area contributed by atoms with E-state index in [1.807, 2.05) is 0 Å². The van der Waals surface area contributed by atoms with E-state index in [4.69, 9.17) is 11.6 Å². The molecule has 1 aliphatic carbocycles. The van der Waals surface area contributed by atoms with Gasteiger partial charge >= 0.3 is 0 Å². The molecular weight excluding hydrogens is 322 g/mol. The first-order valence-electron chi connectivity index (χ1n) is 7.53. The van der Waals surface area contributed by atoms with Crippen molar-refractivity contribution in [2.24, 2.45) is 0 Å². The van der Waals surface area contributed by atoms with Gasteiger partial charge in [-0.2, -0.15) is 11.8 Å². The number of anilines is 1. The van der Waals surface area contributed by atoms with Crippen LogP contribution in [0.1, 0.15) is 38.0 Å². The molecule has 21 heavy (non-hydrogen) atoms. The van der Waals surface area contributed by atoms with Crippen molar-refractivity contribution < 1.29 is 0 Å². The van der Waals surface area contributed by atoms with Gasteiger partial charge in [-0.15, -0.1) is 11.3 Å². The molecule has 2 heterocycles. The highest BCUT2D eigenvalue weighted by molar-refractivity contribution is 7.99. The van der Waals surface area contributed by atoms with Gasteiger partial charge in [-0.1, -0.05) is 13.8 Å². The third-order valence-electron chi connectivity index (χ3n) is 3.89. The maximum atomic E-state index is 6.08. The van der Waals surface area contributed by atoms with Gasteiger partial charge in [0.05, 0.1) is 5.39 Å². The summed E-state index contributed by atoms with van der Waals surface area (Å²) in [6.45, 7) is 4.40. The van der Waals surface area contributed by atoms with Crippen LogP contribution in [0.25, 0.3) is 10.2 Å². The zero-order chi connectivity index (χ0) is 14.8. The number of fused-ring (bicyclic) bond motifs is 1. The van der Waals surface area contributed by atoms with E-state index in [1.54, 1.807) is 11.3 Å². The minimum atomic E-state index is 0.340. The smallest absolute Gasteiger partial charge is 0.225 e. The van der Waals surface area contributed by atoms with Gasteiger partial charge < -0.3 is 5.32 Å². The molecule has 1 N–H and O–H groups in total. The van der Waals surface area contributed by atoms with Gasteiger partial charge in [0.15, 0.2) is 0 Å². The Morgan fingerprint density at radius 1 is 1.38 bits per heavy atom. The van der Waals surface area contributed by atoms with Crippen molar-refractivity contribution in [2.75, 3.05) is 11.1 Å². The predicted molar refractivity (Wildman–Crippen MR) is 95.0 cm³/mol. The van der Waals surface area contributed by atoms with Crippen LogP contribution in [-0.2, 0) is 6.42 Å². The summed E-state index contributed by atoms with van der Waals surface area (Å²) >= 11 is 9.86. The van der Waals surface area contributed by atoms with Crippen LogP contribution in [0.4, 0.5) is 5.82 Å². The Morgan fingerprint density at radius 3 is 3.00 bits per heavy atom. The highest BCUT2D eigenvalue weighted by Crippen LogP contribution is 2.34. The fourth-order valence-corrected chi connectivity index (χ4v) is 5.21. The molecule has 0 amide bonds. The number of thioether (sulfide) groups is 1. The first-order chi connectivity index (χ1) is 10.2. The number of hydrogen-bond acceptors (Lipinski definition) is 5. The highest BCUT2D eigenvalue weighted by atomic mass is 35.5. The normalized spacial score (nSPS) is 22.0. The topological polar surface area (TPSA) is 37.8 Å². The third-order valence-corrected chi connectivity index (χ3v) is 6.47. The second-order valence-corrected chi connectivity index (χ2v) is 8.39. The van der Waals surface area contributed by atoms with E-state index in [9.17, 15) is 0 Å². The van der Waals surface area contributed by atoms with E-state index in [0.29, 0.717) is 11.3 Å². The Bertz CT molecular complexity index is 629. The molecule has 2 aromatic rings. The van der Waals surface area contributed by atoms with Crippen LogP contribution in [0.15, 0.2) is 6.07 Å². The standard InChI is InChI=1S/C15H20ClN3S2/c1-3-10-8-12-13(18-15(16)19-14(12)21-10)17-9-5-6-11(7-9)20-4-2/h8-9,11H,3-7H2,1-2H3,(H,17,18,19). The fraction of sp³-hybridized carbons (Fsp3) is 0.600. The molecule has 0 saturated heterocycles. The lowest BCUT2D eigenvalue weighted by molar-refractivity contribution is 0.753. The lowest BCUT2D eigenvalue weighted by atomic mass is 10.2. The van der Waals surface area contributed by atoms with Crippen LogP contribution in [-0.4, -0.2) is 27.0 Å². The number of hydrogen-bond donors (Lipinski definition) is 1. The van der Waals surface area contributed by atoms with Crippen LogP contribution >= 0.6 is 34.7 Å². The summed E-state index contributed by atoms with van der Waals surface area (Å²) in [5, 5.41) is 5.85. The van der Waals surface area contributed by atoms with Crippen LogP contribution in [0.3, 0.4) is 0 Å². The second-order valence-electron chi connectivity index (χ2n) is 5.36. The van der Waals surface area contributed by atoms with Gasteiger partial charge in [-0.25, -0.2) is 9.97 Å². The van der Waals surface area contributed by atoms with Crippen molar-refractivity contribution in [3.8, 4) is 0 Å². The molecule has 114 valence electrons. The summed E-state index contributed by atoms with van der Waals surface area (Å²) in [6, 6.07) is 2.71. The van der Waals surface area contributed by atoms with Gasteiger partial charge in [0.2, 0.25) is 5.28 Å². The van der Waals surface area contributed by atoms with E-state index in [2.05, 4.69) is 47.0 Å². The Morgan fingerprint density at radius 2 is 2.24 bits per heavy atom.